The number of fused-ring (bicyclic) bond motifs is 1. The second-order valence-corrected chi connectivity index (χ2v) is 7.24. The van der Waals surface area contributed by atoms with E-state index in [1.807, 2.05) is 13.0 Å². The van der Waals surface area contributed by atoms with Gasteiger partial charge in [-0.05, 0) is 47.8 Å². The summed E-state index contributed by atoms with van der Waals surface area (Å²) >= 11 is 3.37. The maximum Gasteiger partial charge on any atom is 0.289 e. The van der Waals surface area contributed by atoms with Gasteiger partial charge in [0.1, 0.15) is 5.76 Å². The van der Waals surface area contributed by atoms with Crippen molar-refractivity contribution in [1.29, 1.82) is 0 Å². The Kier molecular flexibility index (Phi) is 5.27. The van der Waals surface area contributed by atoms with Crippen molar-refractivity contribution in [3.63, 3.8) is 0 Å². The number of amides is 2. The van der Waals surface area contributed by atoms with E-state index in [1.165, 1.54) is 4.90 Å². The Labute approximate surface area is 160 Å². The molecule has 26 heavy (non-hydrogen) atoms. The Balaban J connectivity index is 1.90. The number of aryl methyl sites for hydroxylation is 1. The minimum atomic E-state index is -0.289. The van der Waals surface area contributed by atoms with Crippen LogP contribution in [0.3, 0.4) is 0 Å². The van der Waals surface area contributed by atoms with Gasteiger partial charge in [0.05, 0.1) is 11.3 Å². The maximum absolute atomic E-state index is 12.4. The second-order valence-electron chi connectivity index (χ2n) is 6.39. The summed E-state index contributed by atoms with van der Waals surface area (Å²) in [6, 6.07) is 7.17. The summed E-state index contributed by atoms with van der Waals surface area (Å²) in [7, 11) is 3.38. The molecule has 0 unspecified atom stereocenters. The molecule has 0 bridgehead atoms. The first-order chi connectivity index (χ1) is 12.4. The van der Waals surface area contributed by atoms with Crippen LogP contribution in [0.15, 0.2) is 38.3 Å². The van der Waals surface area contributed by atoms with Gasteiger partial charge in [0, 0.05) is 36.1 Å². The first-order valence-corrected chi connectivity index (χ1v) is 9.15. The first kappa shape index (κ1) is 18.4. The van der Waals surface area contributed by atoms with Gasteiger partial charge >= 0.3 is 0 Å². The lowest BCUT2D eigenvalue weighted by Crippen LogP contribution is -2.23. The topological polar surface area (TPSA) is 74.9 Å². The van der Waals surface area contributed by atoms with Gasteiger partial charge in [0.15, 0.2) is 5.76 Å². The number of halogens is 1. The molecule has 2 amide bonds. The molecule has 0 saturated heterocycles. The summed E-state index contributed by atoms with van der Waals surface area (Å²) in [5.41, 5.74) is 5.49. The summed E-state index contributed by atoms with van der Waals surface area (Å²) in [6.45, 7) is 1.86. The molecule has 1 aliphatic carbocycles. The van der Waals surface area contributed by atoms with Gasteiger partial charge in [-0.1, -0.05) is 12.1 Å². The molecule has 0 radical (unpaired) electrons. The van der Waals surface area contributed by atoms with Crippen molar-refractivity contribution in [3.8, 4) is 0 Å². The zero-order valence-electron chi connectivity index (χ0n) is 14.9. The molecule has 0 atom stereocenters. The monoisotopic (exact) mass is 417 g/mol. The lowest BCUT2D eigenvalue weighted by atomic mass is 9.93. The van der Waals surface area contributed by atoms with Gasteiger partial charge in [-0.2, -0.15) is 5.10 Å². The standard InChI is InChI=1S/C19H20BrN3O3/c1-11-16-14(21-22-18(24)12-7-4-5-8-13(12)20)9-6-10-15(16)26-17(11)19(25)23(2)3/h4-5,7-8H,6,9-10H2,1-3H3,(H,22,24)/b21-14+. The van der Waals surface area contributed by atoms with Crippen LogP contribution in [0.25, 0.3) is 0 Å². The molecular formula is C19H20BrN3O3. The van der Waals surface area contributed by atoms with E-state index in [0.717, 1.165) is 41.9 Å². The van der Waals surface area contributed by atoms with E-state index in [0.29, 0.717) is 15.8 Å². The average molecular weight is 418 g/mol. The van der Waals surface area contributed by atoms with Crippen LogP contribution in [-0.4, -0.2) is 36.5 Å². The van der Waals surface area contributed by atoms with Crippen molar-refractivity contribution >= 4 is 33.5 Å². The summed E-state index contributed by atoms with van der Waals surface area (Å²) in [4.78, 5) is 26.2. The molecule has 1 aromatic heterocycles. The molecule has 0 fully saturated rings. The van der Waals surface area contributed by atoms with Gasteiger partial charge in [0.25, 0.3) is 11.8 Å². The molecule has 1 N–H and O–H groups in total. The fourth-order valence-electron chi connectivity index (χ4n) is 3.01. The van der Waals surface area contributed by atoms with E-state index in [2.05, 4.69) is 26.5 Å². The third kappa shape index (κ3) is 3.44. The third-order valence-electron chi connectivity index (χ3n) is 4.34. The number of benzene rings is 1. The predicted molar refractivity (Wildman–Crippen MR) is 103 cm³/mol. The number of hydrazone groups is 1. The Hall–Kier alpha value is -2.41. The van der Waals surface area contributed by atoms with E-state index < -0.39 is 0 Å². The highest BCUT2D eigenvalue weighted by molar-refractivity contribution is 9.10. The van der Waals surface area contributed by atoms with E-state index in [4.69, 9.17) is 4.42 Å². The van der Waals surface area contributed by atoms with Crippen LogP contribution in [0, 0.1) is 6.92 Å². The fraction of sp³-hybridized carbons (Fsp3) is 0.316. The van der Waals surface area contributed by atoms with Gasteiger partial charge in [-0.25, -0.2) is 5.43 Å². The molecule has 136 valence electrons. The normalized spacial score (nSPS) is 14.8. The molecule has 2 aromatic rings. The SMILES string of the molecule is Cc1c(C(=O)N(C)C)oc2c1/C(=N/NC(=O)c1ccccc1Br)CCC2. The van der Waals surface area contributed by atoms with Crippen molar-refractivity contribution in [2.75, 3.05) is 14.1 Å². The molecule has 1 aliphatic rings. The molecule has 0 aliphatic heterocycles. The lowest BCUT2D eigenvalue weighted by molar-refractivity contribution is 0.0793. The number of carbonyl (C=O) groups is 2. The van der Waals surface area contributed by atoms with Crippen molar-refractivity contribution < 1.29 is 14.0 Å². The molecule has 0 saturated carbocycles. The zero-order chi connectivity index (χ0) is 18.8. The molecular weight excluding hydrogens is 398 g/mol. The van der Waals surface area contributed by atoms with Gasteiger partial charge < -0.3 is 9.32 Å². The highest BCUT2D eigenvalue weighted by atomic mass is 79.9. The molecule has 7 heteroatoms. The lowest BCUT2D eigenvalue weighted by Gasteiger charge is -2.13. The number of furan rings is 1. The minimum Gasteiger partial charge on any atom is -0.455 e. The predicted octanol–water partition coefficient (Wildman–Crippen LogP) is 3.52. The number of rotatable bonds is 3. The van der Waals surface area contributed by atoms with Crippen LogP contribution in [0.4, 0.5) is 0 Å². The fourth-order valence-corrected chi connectivity index (χ4v) is 3.48. The van der Waals surface area contributed by atoms with Gasteiger partial charge in [-0.3, -0.25) is 9.59 Å². The molecule has 1 aromatic carbocycles. The summed E-state index contributed by atoms with van der Waals surface area (Å²) in [5.74, 6) is 0.635. The smallest absolute Gasteiger partial charge is 0.289 e. The minimum absolute atomic E-state index is 0.173. The summed E-state index contributed by atoms with van der Waals surface area (Å²) < 4.78 is 6.52. The van der Waals surface area contributed by atoms with Crippen molar-refractivity contribution in [2.24, 2.45) is 5.10 Å². The third-order valence-corrected chi connectivity index (χ3v) is 5.03. The number of hydrogen-bond donors (Lipinski definition) is 1. The number of nitrogens with one attached hydrogen (secondary N) is 1. The number of carbonyl (C=O) groups excluding carboxylic acids is 2. The Morgan fingerprint density at radius 2 is 1.96 bits per heavy atom. The Morgan fingerprint density at radius 1 is 1.23 bits per heavy atom. The number of hydrogen-bond acceptors (Lipinski definition) is 4. The van der Waals surface area contributed by atoms with Crippen LogP contribution in [0.2, 0.25) is 0 Å². The highest BCUT2D eigenvalue weighted by Crippen LogP contribution is 2.30. The second kappa shape index (κ2) is 7.45. The average Bonchev–Trinajstić information content (AvgIpc) is 2.96. The zero-order valence-corrected chi connectivity index (χ0v) is 16.5. The molecule has 6 nitrogen and oxygen atoms in total. The highest BCUT2D eigenvalue weighted by Gasteiger charge is 2.28. The van der Waals surface area contributed by atoms with Crippen LogP contribution in [0.5, 0.6) is 0 Å². The maximum atomic E-state index is 12.4. The van der Waals surface area contributed by atoms with E-state index in [9.17, 15) is 9.59 Å². The van der Waals surface area contributed by atoms with Gasteiger partial charge in [0.2, 0.25) is 0 Å². The summed E-state index contributed by atoms with van der Waals surface area (Å²) in [5, 5.41) is 4.33. The van der Waals surface area contributed by atoms with Crippen molar-refractivity contribution in [3.05, 3.63) is 56.9 Å². The van der Waals surface area contributed by atoms with Crippen LogP contribution in [-0.2, 0) is 6.42 Å². The van der Waals surface area contributed by atoms with Crippen LogP contribution >= 0.6 is 15.9 Å². The van der Waals surface area contributed by atoms with E-state index >= 15 is 0 Å². The molecule has 1 heterocycles. The van der Waals surface area contributed by atoms with E-state index in [-0.39, 0.29) is 11.8 Å². The Morgan fingerprint density at radius 3 is 2.65 bits per heavy atom. The van der Waals surface area contributed by atoms with Gasteiger partial charge in [-0.15, -0.1) is 0 Å². The molecule has 0 spiro atoms. The quantitative estimate of drug-likeness (QED) is 0.776. The van der Waals surface area contributed by atoms with Crippen LogP contribution in [0.1, 0.15) is 50.6 Å². The van der Waals surface area contributed by atoms with Crippen LogP contribution < -0.4 is 5.43 Å². The summed E-state index contributed by atoms with van der Waals surface area (Å²) in [6.07, 6.45) is 2.34. The first-order valence-electron chi connectivity index (χ1n) is 8.36. The number of nitrogens with zero attached hydrogens (tertiary/aromatic N) is 2. The largest absolute Gasteiger partial charge is 0.455 e. The van der Waals surface area contributed by atoms with Crippen molar-refractivity contribution in [2.45, 2.75) is 26.2 Å². The van der Waals surface area contributed by atoms with Crippen molar-refractivity contribution in [1.82, 2.24) is 10.3 Å². The Bertz CT molecular complexity index is 899. The molecule has 3 rings (SSSR count). The van der Waals surface area contributed by atoms with E-state index in [1.54, 1.807) is 32.3 Å².